The fraction of sp³-hybridized carbons (Fsp3) is 0.733. The Hall–Kier alpha value is -1.56. The maximum Gasteiger partial charge on any atom is 0.202 e. The maximum atomic E-state index is 10.5. The average molecular weight is 291 g/mol. The lowest BCUT2D eigenvalue weighted by molar-refractivity contribution is 0.108. The van der Waals surface area contributed by atoms with Crippen molar-refractivity contribution in [2.45, 2.75) is 64.0 Å². The molecule has 0 aromatic carbocycles. The van der Waals surface area contributed by atoms with Crippen LogP contribution in [0.1, 0.15) is 57.2 Å². The third-order valence-corrected chi connectivity index (χ3v) is 4.53. The predicted octanol–water partition coefficient (Wildman–Crippen LogP) is 2.17. The summed E-state index contributed by atoms with van der Waals surface area (Å²) < 4.78 is 3.87. The number of hydrogen-bond donors (Lipinski definition) is 2. The van der Waals surface area contributed by atoms with Gasteiger partial charge in [-0.05, 0) is 19.3 Å². The van der Waals surface area contributed by atoms with Crippen LogP contribution in [-0.2, 0) is 13.5 Å². The summed E-state index contributed by atoms with van der Waals surface area (Å²) in [6, 6.07) is 0.0161. The van der Waals surface area contributed by atoms with Crippen molar-refractivity contribution < 1.29 is 5.11 Å². The second kappa shape index (κ2) is 5.67. The molecule has 3 N–H and O–H groups in total. The smallest absolute Gasteiger partial charge is 0.202 e. The van der Waals surface area contributed by atoms with Gasteiger partial charge < -0.3 is 10.8 Å². The molecule has 3 rings (SSSR count). The molecule has 2 aromatic heterocycles. The molecule has 1 aliphatic carbocycles. The molecule has 0 saturated heterocycles. The van der Waals surface area contributed by atoms with Gasteiger partial charge in [0.05, 0.1) is 17.8 Å². The minimum absolute atomic E-state index is 0.0161. The number of aryl methyl sites for hydroxylation is 2. The SMILES string of the molecule is CCCc1nn(C)c2c1nc(N)n2C1CCCCCC1O. The van der Waals surface area contributed by atoms with Crippen molar-refractivity contribution in [3.05, 3.63) is 5.69 Å². The summed E-state index contributed by atoms with van der Waals surface area (Å²) in [5.41, 5.74) is 9.02. The monoisotopic (exact) mass is 291 g/mol. The second-order valence-electron chi connectivity index (χ2n) is 6.11. The molecule has 2 unspecified atom stereocenters. The summed E-state index contributed by atoms with van der Waals surface area (Å²) in [4.78, 5) is 4.54. The van der Waals surface area contributed by atoms with E-state index in [0.717, 1.165) is 55.4 Å². The van der Waals surface area contributed by atoms with Gasteiger partial charge in [-0.15, -0.1) is 0 Å². The van der Waals surface area contributed by atoms with Crippen LogP contribution >= 0.6 is 0 Å². The number of rotatable bonds is 3. The number of imidazole rings is 1. The minimum atomic E-state index is -0.350. The van der Waals surface area contributed by atoms with E-state index < -0.39 is 0 Å². The van der Waals surface area contributed by atoms with E-state index in [1.165, 1.54) is 6.42 Å². The van der Waals surface area contributed by atoms with Crippen LogP contribution in [0.15, 0.2) is 0 Å². The largest absolute Gasteiger partial charge is 0.391 e. The molecule has 21 heavy (non-hydrogen) atoms. The Morgan fingerprint density at radius 3 is 2.81 bits per heavy atom. The zero-order valence-electron chi connectivity index (χ0n) is 12.9. The van der Waals surface area contributed by atoms with Crippen LogP contribution in [0.5, 0.6) is 0 Å². The van der Waals surface area contributed by atoms with E-state index in [-0.39, 0.29) is 12.1 Å². The molecule has 116 valence electrons. The van der Waals surface area contributed by atoms with Gasteiger partial charge in [-0.3, -0.25) is 9.25 Å². The summed E-state index contributed by atoms with van der Waals surface area (Å²) in [5.74, 6) is 0.501. The Labute approximate surface area is 125 Å². The van der Waals surface area contributed by atoms with Crippen LogP contribution in [0.4, 0.5) is 5.95 Å². The van der Waals surface area contributed by atoms with Gasteiger partial charge in [-0.25, -0.2) is 4.98 Å². The number of nitrogen functional groups attached to an aromatic ring is 1. The van der Waals surface area contributed by atoms with E-state index >= 15 is 0 Å². The van der Waals surface area contributed by atoms with Crippen molar-refractivity contribution in [3.63, 3.8) is 0 Å². The van der Waals surface area contributed by atoms with Crippen LogP contribution in [0.3, 0.4) is 0 Å². The van der Waals surface area contributed by atoms with Crippen LogP contribution in [0.2, 0.25) is 0 Å². The molecular weight excluding hydrogens is 266 g/mol. The first kappa shape index (κ1) is 14.4. The fourth-order valence-electron chi connectivity index (χ4n) is 3.52. The van der Waals surface area contributed by atoms with Gasteiger partial charge in [0.1, 0.15) is 5.52 Å². The number of nitrogens with zero attached hydrogens (tertiary/aromatic N) is 4. The number of aliphatic hydroxyl groups is 1. The molecule has 1 fully saturated rings. The first-order chi connectivity index (χ1) is 10.1. The molecule has 6 nitrogen and oxygen atoms in total. The summed E-state index contributed by atoms with van der Waals surface area (Å²) in [6.45, 7) is 2.13. The average Bonchev–Trinajstić information content (AvgIpc) is 2.83. The molecule has 0 amide bonds. The van der Waals surface area contributed by atoms with Crippen LogP contribution in [0.25, 0.3) is 11.2 Å². The molecule has 6 heteroatoms. The normalized spacial score (nSPS) is 23.6. The van der Waals surface area contributed by atoms with Gasteiger partial charge in [-0.1, -0.05) is 32.6 Å². The predicted molar refractivity (Wildman–Crippen MR) is 83.0 cm³/mol. The standard InChI is InChI=1S/C15H25N5O/c1-3-7-10-13-14(19(2)18-10)20(15(16)17-13)11-8-5-4-6-9-12(11)21/h11-12,21H,3-9H2,1-2H3,(H2,16,17). The second-order valence-corrected chi connectivity index (χ2v) is 6.11. The van der Waals surface area contributed by atoms with E-state index in [9.17, 15) is 5.11 Å². The summed E-state index contributed by atoms with van der Waals surface area (Å²) >= 11 is 0. The highest BCUT2D eigenvalue weighted by atomic mass is 16.3. The van der Waals surface area contributed by atoms with E-state index in [0.29, 0.717) is 5.95 Å². The van der Waals surface area contributed by atoms with Crippen LogP contribution in [0, 0.1) is 0 Å². The highest BCUT2D eigenvalue weighted by molar-refractivity contribution is 5.78. The van der Waals surface area contributed by atoms with Crippen molar-refractivity contribution in [2.24, 2.45) is 7.05 Å². The highest BCUT2D eigenvalue weighted by Gasteiger charge is 2.29. The molecule has 1 saturated carbocycles. The molecule has 0 bridgehead atoms. The molecule has 0 aliphatic heterocycles. The lowest BCUT2D eigenvalue weighted by Crippen LogP contribution is -2.25. The Bertz CT molecular complexity index is 630. The van der Waals surface area contributed by atoms with Crippen molar-refractivity contribution in [2.75, 3.05) is 5.73 Å². The van der Waals surface area contributed by atoms with Crippen molar-refractivity contribution in [1.82, 2.24) is 19.3 Å². The molecule has 1 aliphatic rings. The number of fused-ring (bicyclic) bond motifs is 1. The molecular formula is C15H25N5O. The van der Waals surface area contributed by atoms with Gasteiger partial charge in [0.2, 0.25) is 5.95 Å². The topological polar surface area (TPSA) is 81.9 Å². The molecule has 2 heterocycles. The van der Waals surface area contributed by atoms with Gasteiger partial charge >= 0.3 is 0 Å². The quantitative estimate of drug-likeness (QED) is 0.849. The van der Waals surface area contributed by atoms with E-state index in [4.69, 9.17) is 5.73 Å². The minimum Gasteiger partial charge on any atom is -0.391 e. The third-order valence-electron chi connectivity index (χ3n) is 4.53. The first-order valence-corrected chi connectivity index (χ1v) is 8.00. The molecule has 2 atom stereocenters. The van der Waals surface area contributed by atoms with Crippen molar-refractivity contribution >= 4 is 17.1 Å². The van der Waals surface area contributed by atoms with Crippen LogP contribution in [-0.4, -0.2) is 30.5 Å². The number of aromatic nitrogens is 4. The third kappa shape index (κ3) is 2.41. The van der Waals surface area contributed by atoms with Gasteiger partial charge in [0, 0.05) is 7.05 Å². The molecule has 2 aromatic rings. The zero-order valence-corrected chi connectivity index (χ0v) is 12.9. The number of anilines is 1. The van der Waals surface area contributed by atoms with E-state index in [1.807, 2.05) is 16.3 Å². The van der Waals surface area contributed by atoms with E-state index in [1.54, 1.807) is 0 Å². The Morgan fingerprint density at radius 1 is 1.29 bits per heavy atom. The maximum absolute atomic E-state index is 10.5. The van der Waals surface area contributed by atoms with Gasteiger partial charge in [0.15, 0.2) is 5.65 Å². The molecule has 0 spiro atoms. The number of nitrogens with two attached hydrogens (primary N) is 1. The Morgan fingerprint density at radius 2 is 2.05 bits per heavy atom. The summed E-state index contributed by atoms with van der Waals surface area (Å²) in [7, 11) is 1.93. The summed E-state index contributed by atoms with van der Waals surface area (Å²) in [5, 5.41) is 15.1. The van der Waals surface area contributed by atoms with E-state index in [2.05, 4.69) is 17.0 Å². The van der Waals surface area contributed by atoms with Gasteiger partial charge in [-0.2, -0.15) is 5.10 Å². The highest BCUT2D eigenvalue weighted by Crippen LogP contribution is 2.33. The molecule has 0 radical (unpaired) electrons. The number of aliphatic hydroxyl groups excluding tert-OH is 1. The lowest BCUT2D eigenvalue weighted by atomic mass is 10.1. The van der Waals surface area contributed by atoms with Crippen molar-refractivity contribution in [3.8, 4) is 0 Å². The number of hydrogen-bond acceptors (Lipinski definition) is 4. The Balaban J connectivity index is 2.11. The van der Waals surface area contributed by atoms with Gasteiger partial charge in [0.25, 0.3) is 0 Å². The first-order valence-electron chi connectivity index (χ1n) is 8.00. The lowest BCUT2D eigenvalue weighted by Gasteiger charge is -2.23. The Kier molecular flexibility index (Phi) is 3.89. The van der Waals surface area contributed by atoms with Crippen LogP contribution < -0.4 is 5.73 Å². The zero-order chi connectivity index (χ0) is 15.0. The fourth-order valence-corrected chi connectivity index (χ4v) is 3.52. The summed E-state index contributed by atoms with van der Waals surface area (Å²) in [6.07, 6.45) is 6.76. The van der Waals surface area contributed by atoms with Crippen molar-refractivity contribution in [1.29, 1.82) is 0 Å².